The van der Waals surface area contributed by atoms with Crippen molar-refractivity contribution >= 4 is 0 Å². The Labute approximate surface area is 213 Å². The van der Waals surface area contributed by atoms with Gasteiger partial charge in [0.25, 0.3) is 0 Å². The van der Waals surface area contributed by atoms with Gasteiger partial charge in [-0.15, -0.1) is 0 Å². The van der Waals surface area contributed by atoms with Crippen molar-refractivity contribution in [2.24, 2.45) is 11.7 Å². The molecule has 0 saturated carbocycles. The Morgan fingerprint density at radius 1 is 0.917 bits per heavy atom. The summed E-state index contributed by atoms with van der Waals surface area (Å²) in [7, 11) is 0. The lowest BCUT2D eigenvalue weighted by molar-refractivity contribution is -0.276. The number of ether oxygens (including phenoxy) is 2. The predicted octanol–water partition coefficient (Wildman–Crippen LogP) is 4.16. The normalized spacial score (nSPS) is 26.8. The highest BCUT2D eigenvalue weighted by Gasteiger charge is 2.39. The lowest BCUT2D eigenvalue weighted by Gasteiger charge is -2.42. The third-order valence-electron chi connectivity index (χ3n) is 7.46. The summed E-state index contributed by atoms with van der Waals surface area (Å²) in [5.74, 6) is 0.114. The average Bonchev–Trinajstić information content (AvgIpc) is 3.34. The summed E-state index contributed by atoms with van der Waals surface area (Å²) < 4.78 is 13.2. The minimum Gasteiger partial charge on any atom is -0.392 e. The van der Waals surface area contributed by atoms with Crippen LogP contribution in [0.3, 0.4) is 0 Å². The smallest absolute Gasteiger partial charge is 0.184 e. The average molecular weight is 489 g/mol. The van der Waals surface area contributed by atoms with Crippen LogP contribution in [0.4, 0.5) is 0 Å². The first kappa shape index (κ1) is 25.1. The molecule has 5 rings (SSSR count). The number of aliphatic hydroxyl groups is 2. The molecule has 0 spiro atoms. The third kappa shape index (κ3) is 5.54. The van der Waals surface area contributed by atoms with E-state index in [1.807, 2.05) is 42.5 Å². The van der Waals surface area contributed by atoms with Crippen molar-refractivity contribution in [3.05, 3.63) is 95.1 Å². The number of β-amino-alcohol motifs (C(OH)–C–C–N with tert-alkyl or cyclic N) is 1. The Balaban J connectivity index is 1.44. The molecular weight excluding hydrogens is 452 g/mol. The zero-order valence-corrected chi connectivity index (χ0v) is 20.8. The van der Waals surface area contributed by atoms with Crippen molar-refractivity contribution in [3.8, 4) is 11.1 Å². The maximum atomic E-state index is 10.0. The van der Waals surface area contributed by atoms with Gasteiger partial charge < -0.3 is 25.4 Å². The maximum absolute atomic E-state index is 10.0. The standard InChI is InChI=1S/C30H36N2O4/c1-20-28(18-32-13-12-27(34)17-32)35-30(36-29(20)23-10-8-21(19-33)9-11-23)26-7-3-6-25(15-26)24-5-2-4-22(14-24)16-31/h2-11,14-15,20,27-30,33-34H,12-13,16-19,31H2,1H3. The molecule has 190 valence electrons. The van der Waals surface area contributed by atoms with Gasteiger partial charge in [0.1, 0.15) is 0 Å². The topological polar surface area (TPSA) is 88.2 Å². The molecule has 2 heterocycles. The molecule has 2 aliphatic rings. The van der Waals surface area contributed by atoms with E-state index in [0.29, 0.717) is 13.1 Å². The van der Waals surface area contributed by atoms with Gasteiger partial charge in [-0.05, 0) is 46.4 Å². The maximum Gasteiger partial charge on any atom is 0.184 e. The van der Waals surface area contributed by atoms with Gasteiger partial charge in [-0.2, -0.15) is 0 Å². The van der Waals surface area contributed by atoms with Crippen molar-refractivity contribution in [2.45, 2.75) is 51.1 Å². The van der Waals surface area contributed by atoms with Crippen molar-refractivity contribution in [2.75, 3.05) is 19.6 Å². The highest BCUT2D eigenvalue weighted by molar-refractivity contribution is 5.65. The fourth-order valence-electron chi connectivity index (χ4n) is 5.30. The number of hydrogen-bond acceptors (Lipinski definition) is 6. The second-order valence-electron chi connectivity index (χ2n) is 10.1. The van der Waals surface area contributed by atoms with Crippen LogP contribution in [-0.4, -0.2) is 47.0 Å². The van der Waals surface area contributed by atoms with E-state index >= 15 is 0 Å². The molecule has 0 amide bonds. The van der Waals surface area contributed by atoms with Gasteiger partial charge in [-0.25, -0.2) is 0 Å². The minimum atomic E-state index is -0.515. The van der Waals surface area contributed by atoms with Gasteiger partial charge in [0.15, 0.2) is 6.29 Å². The number of likely N-dealkylation sites (tertiary alicyclic amines) is 1. The Bertz CT molecular complexity index is 1150. The van der Waals surface area contributed by atoms with E-state index in [4.69, 9.17) is 15.2 Å². The summed E-state index contributed by atoms with van der Waals surface area (Å²) >= 11 is 0. The van der Waals surface area contributed by atoms with Crippen LogP contribution in [0.2, 0.25) is 0 Å². The number of rotatable bonds is 7. The van der Waals surface area contributed by atoms with Gasteiger partial charge in [0.2, 0.25) is 0 Å². The number of nitrogens with zero attached hydrogens (tertiary/aromatic N) is 1. The van der Waals surface area contributed by atoms with Crippen molar-refractivity contribution < 1.29 is 19.7 Å². The molecular formula is C30H36N2O4. The zero-order chi connectivity index (χ0) is 25.1. The van der Waals surface area contributed by atoms with E-state index in [2.05, 4.69) is 42.2 Å². The van der Waals surface area contributed by atoms with Gasteiger partial charge in [-0.1, -0.05) is 67.6 Å². The summed E-state index contributed by atoms with van der Waals surface area (Å²) in [6.07, 6.45) is -0.187. The van der Waals surface area contributed by atoms with Gasteiger partial charge >= 0.3 is 0 Å². The summed E-state index contributed by atoms with van der Waals surface area (Å²) in [6, 6.07) is 24.6. The number of nitrogens with two attached hydrogens (primary N) is 1. The van der Waals surface area contributed by atoms with E-state index in [1.54, 1.807) is 0 Å². The van der Waals surface area contributed by atoms with Crippen LogP contribution < -0.4 is 5.73 Å². The van der Waals surface area contributed by atoms with E-state index < -0.39 is 6.29 Å². The molecule has 0 aromatic heterocycles. The van der Waals surface area contributed by atoms with Crippen LogP contribution in [0.15, 0.2) is 72.8 Å². The summed E-state index contributed by atoms with van der Waals surface area (Å²) in [6.45, 7) is 5.01. The molecule has 2 aliphatic heterocycles. The molecule has 2 fully saturated rings. The first-order valence-corrected chi connectivity index (χ1v) is 12.8. The monoisotopic (exact) mass is 488 g/mol. The van der Waals surface area contributed by atoms with E-state index in [0.717, 1.165) is 52.9 Å². The van der Waals surface area contributed by atoms with Crippen molar-refractivity contribution in [1.29, 1.82) is 0 Å². The van der Waals surface area contributed by atoms with Gasteiger partial charge in [-0.3, -0.25) is 4.90 Å². The highest BCUT2D eigenvalue weighted by Crippen LogP contribution is 2.42. The zero-order valence-electron chi connectivity index (χ0n) is 20.8. The van der Waals surface area contributed by atoms with Crippen LogP contribution in [-0.2, 0) is 22.6 Å². The summed E-state index contributed by atoms with van der Waals surface area (Å²) in [4.78, 5) is 2.29. The quantitative estimate of drug-likeness (QED) is 0.463. The van der Waals surface area contributed by atoms with Crippen molar-refractivity contribution in [1.82, 2.24) is 4.90 Å². The molecule has 36 heavy (non-hydrogen) atoms. The van der Waals surface area contributed by atoms with E-state index in [1.165, 1.54) is 0 Å². The number of hydrogen-bond donors (Lipinski definition) is 3. The van der Waals surface area contributed by atoms with Crippen LogP contribution in [0.5, 0.6) is 0 Å². The molecule has 0 aliphatic carbocycles. The second kappa shape index (κ2) is 11.2. The molecule has 3 aromatic rings. The first-order chi connectivity index (χ1) is 17.5. The van der Waals surface area contributed by atoms with Gasteiger partial charge in [0, 0.05) is 37.7 Å². The lowest BCUT2D eigenvalue weighted by atomic mass is 9.90. The Morgan fingerprint density at radius 2 is 1.67 bits per heavy atom. The molecule has 5 atom stereocenters. The van der Waals surface area contributed by atoms with Crippen LogP contribution in [0.25, 0.3) is 11.1 Å². The van der Waals surface area contributed by atoms with E-state index in [9.17, 15) is 10.2 Å². The fraction of sp³-hybridized carbons (Fsp3) is 0.400. The number of benzene rings is 3. The Morgan fingerprint density at radius 3 is 2.36 bits per heavy atom. The SMILES string of the molecule is CC1C(CN2CCC(O)C2)OC(c2cccc(-c3cccc(CN)c3)c2)OC1c1ccc(CO)cc1. The molecule has 6 nitrogen and oxygen atoms in total. The van der Waals surface area contributed by atoms with E-state index in [-0.39, 0.29) is 30.8 Å². The Kier molecular flexibility index (Phi) is 7.82. The van der Waals surface area contributed by atoms with Crippen LogP contribution in [0.1, 0.15) is 48.0 Å². The molecule has 5 unspecified atom stereocenters. The predicted molar refractivity (Wildman–Crippen MR) is 140 cm³/mol. The first-order valence-electron chi connectivity index (χ1n) is 12.8. The largest absolute Gasteiger partial charge is 0.392 e. The minimum absolute atomic E-state index is 0.0190. The fourth-order valence-corrected chi connectivity index (χ4v) is 5.30. The molecule has 6 heteroatoms. The van der Waals surface area contributed by atoms with Gasteiger partial charge in [0.05, 0.1) is 24.9 Å². The molecule has 4 N–H and O–H groups in total. The summed E-state index contributed by atoms with van der Waals surface area (Å²) in [5, 5.41) is 19.5. The van der Waals surface area contributed by atoms with Crippen LogP contribution >= 0.6 is 0 Å². The molecule has 2 saturated heterocycles. The Hall–Kier alpha value is -2.58. The molecule has 3 aromatic carbocycles. The molecule has 0 radical (unpaired) electrons. The number of aliphatic hydroxyl groups excluding tert-OH is 2. The second-order valence-corrected chi connectivity index (χ2v) is 10.1. The van der Waals surface area contributed by atoms with Crippen LogP contribution in [0, 0.1) is 5.92 Å². The highest BCUT2D eigenvalue weighted by atomic mass is 16.7. The molecule has 0 bridgehead atoms. The van der Waals surface area contributed by atoms with Crippen molar-refractivity contribution in [3.63, 3.8) is 0 Å². The summed E-state index contributed by atoms with van der Waals surface area (Å²) in [5.41, 5.74) is 12.1. The lowest BCUT2D eigenvalue weighted by Crippen LogP contribution is -2.44. The third-order valence-corrected chi connectivity index (χ3v) is 7.46.